The second-order valence-electron chi connectivity index (χ2n) is 9.94. The van der Waals surface area contributed by atoms with E-state index >= 15 is 0 Å². The zero-order chi connectivity index (χ0) is 30.6. The number of nitrogens with zero attached hydrogens (tertiary/aromatic N) is 2. The minimum Gasteiger partial charge on any atom is -0.488 e. The molecular weight excluding hydrogens is 599 g/mol. The van der Waals surface area contributed by atoms with E-state index in [9.17, 15) is 14.0 Å². The second kappa shape index (κ2) is 12.8. The summed E-state index contributed by atoms with van der Waals surface area (Å²) in [6, 6.07) is 29.0. The molecule has 2 heterocycles. The summed E-state index contributed by atoms with van der Waals surface area (Å²) in [6.07, 6.45) is 1.76. The number of ether oxygens (including phenoxy) is 2. The Bertz CT molecular complexity index is 2050. The standard InChI is InChI=1S/C35H26ClFN2O4S/c1-2-42-34(41)30-31(23-10-4-3-5-11-23)38-35-39(32(30)24-15-17-27(37)18-16-24)33(40)29(44-35)20-25-12-6-7-14-28(25)43-21-22-9-8-13-26(36)19-22/h3-20,32H,2,21H2,1H3/b29-20-/t32-/m0/s1. The van der Waals surface area contributed by atoms with E-state index in [2.05, 4.69) is 0 Å². The lowest BCUT2D eigenvalue weighted by molar-refractivity contribution is -0.138. The van der Waals surface area contributed by atoms with Crippen molar-refractivity contribution in [2.45, 2.75) is 19.6 Å². The van der Waals surface area contributed by atoms with Crippen molar-refractivity contribution < 1.29 is 18.7 Å². The van der Waals surface area contributed by atoms with Gasteiger partial charge in [0.2, 0.25) is 0 Å². The van der Waals surface area contributed by atoms with Crippen LogP contribution in [0, 0.1) is 5.82 Å². The van der Waals surface area contributed by atoms with E-state index in [1.165, 1.54) is 28.0 Å². The molecule has 1 aliphatic heterocycles. The highest BCUT2D eigenvalue weighted by atomic mass is 35.5. The van der Waals surface area contributed by atoms with Gasteiger partial charge < -0.3 is 9.47 Å². The Balaban J connectivity index is 1.52. The molecular formula is C35H26ClFN2O4S. The van der Waals surface area contributed by atoms with Crippen LogP contribution in [-0.4, -0.2) is 17.1 Å². The van der Waals surface area contributed by atoms with Crippen molar-refractivity contribution in [3.05, 3.63) is 161 Å². The van der Waals surface area contributed by atoms with Crippen LogP contribution in [0.25, 0.3) is 11.8 Å². The molecule has 220 valence electrons. The molecule has 1 aliphatic rings. The average Bonchev–Trinajstić information content (AvgIpc) is 3.35. The molecule has 1 atom stereocenters. The summed E-state index contributed by atoms with van der Waals surface area (Å²) in [7, 11) is 0. The minimum absolute atomic E-state index is 0.136. The van der Waals surface area contributed by atoms with E-state index in [1.807, 2.05) is 72.8 Å². The van der Waals surface area contributed by atoms with Gasteiger partial charge in [-0.25, -0.2) is 14.2 Å². The molecule has 0 radical (unpaired) electrons. The number of carbonyl (C=O) groups excluding carboxylic acids is 1. The number of hydrogen-bond acceptors (Lipinski definition) is 6. The van der Waals surface area contributed by atoms with Crippen molar-refractivity contribution >= 4 is 40.7 Å². The monoisotopic (exact) mass is 624 g/mol. The first kappa shape index (κ1) is 29.3. The van der Waals surface area contributed by atoms with Crippen molar-refractivity contribution in [3.8, 4) is 5.75 Å². The molecule has 0 saturated heterocycles. The van der Waals surface area contributed by atoms with Crippen LogP contribution < -0.4 is 19.6 Å². The van der Waals surface area contributed by atoms with E-state index in [1.54, 1.807) is 31.2 Å². The summed E-state index contributed by atoms with van der Waals surface area (Å²) in [5, 5.41) is 0.619. The fourth-order valence-corrected chi connectivity index (χ4v) is 6.27. The Hall–Kier alpha value is -4.79. The Kier molecular flexibility index (Phi) is 8.54. The maximum atomic E-state index is 14.1. The number of esters is 1. The Labute approximate surface area is 261 Å². The molecule has 4 aromatic carbocycles. The van der Waals surface area contributed by atoms with Gasteiger partial charge in [0.05, 0.1) is 28.5 Å². The van der Waals surface area contributed by atoms with Crippen LogP contribution >= 0.6 is 22.9 Å². The van der Waals surface area contributed by atoms with Gasteiger partial charge in [-0.1, -0.05) is 95.7 Å². The quantitative estimate of drug-likeness (QED) is 0.190. The highest BCUT2D eigenvalue weighted by Crippen LogP contribution is 2.35. The van der Waals surface area contributed by atoms with Gasteiger partial charge in [0.1, 0.15) is 18.2 Å². The van der Waals surface area contributed by atoms with Crippen LogP contribution in [0.3, 0.4) is 0 Å². The molecule has 0 amide bonds. The van der Waals surface area contributed by atoms with Crippen LogP contribution in [0.1, 0.15) is 35.2 Å². The SMILES string of the molecule is CCOC(=O)C1=C(c2ccccc2)N=c2s/c(=C\c3ccccc3OCc3cccc(Cl)c3)c(=O)n2[C@H]1c1ccc(F)cc1. The van der Waals surface area contributed by atoms with E-state index < -0.39 is 17.8 Å². The van der Waals surface area contributed by atoms with Gasteiger partial charge in [-0.2, -0.15) is 0 Å². The second-order valence-corrected chi connectivity index (χ2v) is 11.4. The van der Waals surface area contributed by atoms with E-state index in [4.69, 9.17) is 26.1 Å². The first-order valence-electron chi connectivity index (χ1n) is 13.9. The predicted molar refractivity (Wildman–Crippen MR) is 170 cm³/mol. The fraction of sp³-hybridized carbons (Fsp3) is 0.114. The predicted octanol–water partition coefficient (Wildman–Crippen LogP) is 6.31. The third kappa shape index (κ3) is 6.00. The molecule has 0 saturated carbocycles. The van der Waals surface area contributed by atoms with E-state index in [-0.39, 0.29) is 17.7 Å². The van der Waals surface area contributed by atoms with Crippen LogP contribution in [0.2, 0.25) is 5.02 Å². The molecule has 6 rings (SSSR count). The molecule has 0 unspecified atom stereocenters. The largest absolute Gasteiger partial charge is 0.488 e. The smallest absolute Gasteiger partial charge is 0.338 e. The normalized spacial score (nSPS) is 14.6. The summed E-state index contributed by atoms with van der Waals surface area (Å²) in [4.78, 5) is 32.9. The molecule has 0 fully saturated rings. The van der Waals surface area contributed by atoms with Gasteiger partial charge in [-0.05, 0) is 54.5 Å². The highest BCUT2D eigenvalue weighted by molar-refractivity contribution is 7.07. The maximum Gasteiger partial charge on any atom is 0.338 e. The molecule has 9 heteroatoms. The summed E-state index contributed by atoms with van der Waals surface area (Å²) < 4.78 is 27.5. The Morgan fingerprint density at radius 2 is 1.75 bits per heavy atom. The molecule has 0 N–H and O–H groups in total. The highest BCUT2D eigenvalue weighted by Gasteiger charge is 2.35. The summed E-state index contributed by atoms with van der Waals surface area (Å²) in [5.74, 6) is -0.440. The van der Waals surface area contributed by atoms with Crippen LogP contribution in [0.5, 0.6) is 5.75 Å². The number of fused-ring (bicyclic) bond motifs is 1. The maximum absolute atomic E-state index is 14.1. The van der Waals surface area contributed by atoms with Gasteiger partial charge >= 0.3 is 5.97 Å². The molecule has 44 heavy (non-hydrogen) atoms. The fourth-order valence-electron chi connectivity index (χ4n) is 5.06. The average molecular weight is 625 g/mol. The summed E-state index contributed by atoms with van der Waals surface area (Å²) in [5.41, 5.74) is 3.11. The molecule has 5 aromatic rings. The topological polar surface area (TPSA) is 69.9 Å². The zero-order valence-electron chi connectivity index (χ0n) is 23.6. The Morgan fingerprint density at radius 3 is 2.50 bits per heavy atom. The van der Waals surface area contributed by atoms with Crippen molar-refractivity contribution in [1.82, 2.24) is 4.57 Å². The third-order valence-electron chi connectivity index (χ3n) is 7.05. The molecule has 0 aliphatic carbocycles. The van der Waals surface area contributed by atoms with Crippen molar-refractivity contribution in [1.29, 1.82) is 0 Å². The van der Waals surface area contributed by atoms with Crippen molar-refractivity contribution in [2.75, 3.05) is 6.61 Å². The van der Waals surface area contributed by atoms with Crippen LogP contribution in [0.15, 0.2) is 118 Å². The van der Waals surface area contributed by atoms with Gasteiger partial charge in [0, 0.05) is 16.1 Å². The number of aromatic nitrogens is 1. The minimum atomic E-state index is -0.891. The number of hydrogen-bond donors (Lipinski definition) is 0. The van der Waals surface area contributed by atoms with Crippen molar-refractivity contribution in [2.24, 2.45) is 4.99 Å². The van der Waals surface area contributed by atoms with Crippen LogP contribution in [0.4, 0.5) is 4.39 Å². The first-order valence-corrected chi connectivity index (χ1v) is 15.1. The molecule has 1 aromatic heterocycles. The van der Waals surface area contributed by atoms with Gasteiger partial charge in [-0.15, -0.1) is 0 Å². The number of para-hydroxylation sites is 1. The lowest BCUT2D eigenvalue weighted by Crippen LogP contribution is -2.40. The molecule has 0 spiro atoms. The van der Waals surface area contributed by atoms with E-state index in [0.717, 1.165) is 5.56 Å². The number of carbonyl (C=O) groups is 1. The molecule has 6 nitrogen and oxygen atoms in total. The third-order valence-corrected chi connectivity index (χ3v) is 8.27. The summed E-state index contributed by atoms with van der Waals surface area (Å²) >= 11 is 7.34. The number of benzene rings is 4. The van der Waals surface area contributed by atoms with Gasteiger partial charge in [0.15, 0.2) is 4.80 Å². The Morgan fingerprint density at radius 1 is 1.00 bits per heavy atom. The molecule has 0 bridgehead atoms. The van der Waals surface area contributed by atoms with E-state index in [0.29, 0.717) is 49.1 Å². The first-order chi connectivity index (χ1) is 21.4. The zero-order valence-corrected chi connectivity index (χ0v) is 25.1. The van der Waals surface area contributed by atoms with Gasteiger partial charge in [0.25, 0.3) is 5.56 Å². The van der Waals surface area contributed by atoms with Crippen molar-refractivity contribution in [3.63, 3.8) is 0 Å². The van der Waals surface area contributed by atoms with Gasteiger partial charge in [-0.3, -0.25) is 9.36 Å². The van der Waals surface area contributed by atoms with Crippen LogP contribution in [-0.2, 0) is 16.1 Å². The number of rotatable bonds is 8. The number of halogens is 2. The lowest BCUT2D eigenvalue weighted by Gasteiger charge is -2.25. The summed E-state index contributed by atoms with van der Waals surface area (Å²) in [6.45, 7) is 2.15. The number of thiazole rings is 1. The lowest BCUT2D eigenvalue weighted by atomic mass is 9.93.